The van der Waals surface area contributed by atoms with Gasteiger partial charge in [0.2, 0.25) is 0 Å². The van der Waals surface area contributed by atoms with Gasteiger partial charge in [-0.25, -0.2) is 0 Å². The molecule has 0 unspecified atom stereocenters. The van der Waals surface area contributed by atoms with Crippen LogP contribution in [0.25, 0.3) is 66.4 Å². The molecule has 294 valence electrons. The highest BCUT2D eigenvalue weighted by molar-refractivity contribution is 6.10. The molecule has 0 atom stereocenters. The summed E-state index contributed by atoms with van der Waals surface area (Å²) in [6.45, 7) is 5.51. The normalized spacial score (nSPS) is 24.3. The molecule has 2 nitrogen and oxygen atoms in total. The number of benzene rings is 7. The summed E-state index contributed by atoms with van der Waals surface area (Å²) in [5, 5.41) is 2.51. The topological polar surface area (TPSA) is 8.17 Å². The van der Waals surface area contributed by atoms with E-state index in [-0.39, 0.29) is 5.41 Å². The van der Waals surface area contributed by atoms with Crippen molar-refractivity contribution < 1.29 is 0 Å². The maximum Gasteiger partial charge on any atom is 0.0547 e. The van der Waals surface area contributed by atoms with Gasteiger partial charge in [-0.1, -0.05) is 146 Å². The van der Waals surface area contributed by atoms with Crippen molar-refractivity contribution in [2.45, 2.75) is 37.5 Å². The lowest BCUT2D eigenvalue weighted by Gasteiger charge is -2.61. The van der Waals surface area contributed by atoms with Crippen LogP contribution >= 0.6 is 0 Å². The highest BCUT2D eigenvalue weighted by Crippen LogP contribution is 2.69. The fourth-order valence-electron chi connectivity index (χ4n) is 13.4. The number of rotatable bonds is 4. The molecule has 4 bridgehead atoms. The van der Waals surface area contributed by atoms with Crippen molar-refractivity contribution in [3.63, 3.8) is 0 Å². The van der Waals surface area contributed by atoms with Crippen LogP contribution in [0.2, 0.25) is 0 Å². The minimum atomic E-state index is 0.165. The summed E-state index contributed by atoms with van der Waals surface area (Å²) >= 11 is 0. The van der Waals surface area contributed by atoms with E-state index in [1.807, 2.05) is 0 Å². The second-order valence-corrected chi connectivity index (χ2v) is 18.6. The second-order valence-electron chi connectivity index (χ2n) is 18.6. The Kier molecular flexibility index (Phi) is 7.74. The number of aromatic nitrogens is 1. The Morgan fingerprint density at radius 3 is 2.08 bits per heavy atom. The van der Waals surface area contributed by atoms with Crippen molar-refractivity contribution in [2.75, 3.05) is 11.4 Å². The van der Waals surface area contributed by atoms with Crippen LogP contribution in [0.3, 0.4) is 0 Å². The van der Waals surface area contributed by atoms with Crippen LogP contribution in [-0.2, 0) is 5.41 Å². The number of hydrogen-bond donors (Lipinski definition) is 0. The van der Waals surface area contributed by atoms with E-state index in [4.69, 9.17) is 6.58 Å². The Balaban J connectivity index is 0.966. The quantitative estimate of drug-likeness (QED) is 0.173. The standard InChI is InChI=1S/C59H48N2/c1-38-14-4-3-11-29-60(46-26-28-54-52(37-46)49-19-7-9-22-53(49)59(54)44-31-39-30-40(33-44)34-45(59)32-39)56-24-13-21-48(58(38)56)43-25-27-51-50-20-8-10-23-55(50)61(57(51)36-43)47-18-12-17-42(35-47)41-15-5-2-6-16-41/h2-28,35-37,39-40,44-45H,1,29-34H2/b11-3-,14-4-. The fraction of sp³-hybridized carbons (Fsp3) is 0.186. The SMILES string of the molecule is C=C1/C=C\C=C/CN(c2ccc3c(c2)-c2ccccc2C32C3CC4CC(C3)CC2C4)c2cccc(-c3ccc4c5ccccc5n(-c5cccc(-c6ccccc6)c5)c4c3)c21. The van der Waals surface area contributed by atoms with Crippen molar-refractivity contribution in [3.8, 4) is 39.1 Å². The van der Waals surface area contributed by atoms with Crippen molar-refractivity contribution in [2.24, 2.45) is 23.7 Å². The highest BCUT2D eigenvalue weighted by Gasteiger charge is 2.61. The molecule has 0 radical (unpaired) electrons. The molecule has 0 N–H and O–H groups in total. The van der Waals surface area contributed by atoms with Crippen LogP contribution in [0.5, 0.6) is 0 Å². The Hall–Kier alpha value is -6.64. The minimum Gasteiger partial charge on any atom is -0.337 e. The van der Waals surface area contributed by atoms with Crippen LogP contribution in [0.15, 0.2) is 189 Å². The van der Waals surface area contributed by atoms with Gasteiger partial charge in [0.15, 0.2) is 0 Å². The van der Waals surface area contributed by atoms with Gasteiger partial charge < -0.3 is 9.47 Å². The first-order valence-electron chi connectivity index (χ1n) is 22.5. The lowest BCUT2D eigenvalue weighted by Crippen LogP contribution is -2.55. The van der Waals surface area contributed by atoms with Gasteiger partial charge in [0.25, 0.3) is 0 Å². The van der Waals surface area contributed by atoms with Crippen LogP contribution in [0.4, 0.5) is 11.4 Å². The molecule has 14 rings (SSSR count). The maximum atomic E-state index is 4.75. The molecule has 0 amide bonds. The van der Waals surface area contributed by atoms with E-state index in [9.17, 15) is 0 Å². The largest absolute Gasteiger partial charge is 0.337 e. The van der Waals surface area contributed by atoms with Crippen molar-refractivity contribution in [1.29, 1.82) is 0 Å². The second kappa shape index (κ2) is 13.4. The van der Waals surface area contributed by atoms with Gasteiger partial charge in [-0.15, -0.1) is 0 Å². The zero-order valence-electron chi connectivity index (χ0n) is 34.5. The molecular weight excluding hydrogens is 737 g/mol. The molecule has 4 saturated carbocycles. The van der Waals surface area contributed by atoms with Gasteiger partial charge >= 0.3 is 0 Å². The molecule has 1 aromatic heterocycles. The minimum absolute atomic E-state index is 0.165. The fourth-order valence-corrected chi connectivity index (χ4v) is 13.4. The van der Waals surface area contributed by atoms with Gasteiger partial charge in [-0.05, 0) is 148 Å². The van der Waals surface area contributed by atoms with Crippen molar-refractivity contribution in [1.82, 2.24) is 4.57 Å². The third-order valence-electron chi connectivity index (χ3n) is 15.5. The smallest absolute Gasteiger partial charge is 0.0547 e. The number of anilines is 2. The monoisotopic (exact) mass is 784 g/mol. The molecule has 6 aliphatic rings. The lowest BCUT2D eigenvalue weighted by atomic mass is 9.43. The van der Waals surface area contributed by atoms with Gasteiger partial charge in [0, 0.05) is 45.4 Å². The lowest BCUT2D eigenvalue weighted by molar-refractivity contribution is -0.0399. The molecular formula is C59H48N2. The predicted octanol–water partition coefficient (Wildman–Crippen LogP) is 15.1. The molecule has 8 aromatic rings. The number of nitrogens with zero attached hydrogens (tertiary/aromatic N) is 2. The Labute approximate surface area is 358 Å². The third kappa shape index (κ3) is 5.15. The van der Waals surface area contributed by atoms with E-state index in [0.29, 0.717) is 0 Å². The van der Waals surface area contributed by atoms with Crippen molar-refractivity contribution in [3.05, 3.63) is 205 Å². The first-order chi connectivity index (χ1) is 30.1. The summed E-state index contributed by atoms with van der Waals surface area (Å²) in [5.41, 5.74) is 19.3. The first-order valence-corrected chi connectivity index (χ1v) is 22.5. The number of para-hydroxylation sites is 1. The van der Waals surface area contributed by atoms with E-state index in [1.54, 1.807) is 11.1 Å². The summed E-state index contributed by atoms with van der Waals surface area (Å²) in [4.78, 5) is 2.53. The third-order valence-corrected chi connectivity index (χ3v) is 15.5. The number of allylic oxidation sites excluding steroid dienone is 4. The summed E-state index contributed by atoms with van der Waals surface area (Å²) < 4.78 is 2.45. The molecule has 5 aliphatic carbocycles. The highest BCUT2D eigenvalue weighted by atomic mass is 15.1. The molecule has 0 saturated heterocycles. The van der Waals surface area contributed by atoms with E-state index >= 15 is 0 Å². The van der Waals surface area contributed by atoms with Crippen LogP contribution in [0, 0.1) is 23.7 Å². The summed E-state index contributed by atoms with van der Waals surface area (Å²) in [6, 6.07) is 59.4. The number of hydrogen-bond acceptors (Lipinski definition) is 1. The van der Waals surface area contributed by atoms with Crippen LogP contribution in [0.1, 0.15) is 48.8 Å². The van der Waals surface area contributed by atoms with E-state index in [2.05, 4.69) is 191 Å². The van der Waals surface area contributed by atoms with E-state index in [0.717, 1.165) is 41.5 Å². The molecule has 1 spiro atoms. The Morgan fingerprint density at radius 2 is 1.21 bits per heavy atom. The maximum absolute atomic E-state index is 4.75. The van der Waals surface area contributed by atoms with Crippen LogP contribution in [-0.4, -0.2) is 11.1 Å². The average Bonchev–Trinajstić information content (AvgIpc) is 3.81. The van der Waals surface area contributed by atoms with Crippen molar-refractivity contribution >= 4 is 38.8 Å². The summed E-state index contributed by atoms with van der Waals surface area (Å²) in [7, 11) is 0. The zero-order chi connectivity index (χ0) is 40.2. The van der Waals surface area contributed by atoms with Gasteiger partial charge in [-0.3, -0.25) is 0 Å². The van der Waals surface area contributed by atoms with Crippen LogP contribution < -0.4 is 4.90 Å². The van der Waals surface area contributed by atoms with Gasteiger partial charge in [0.1, 0.15) is 0 Å². The zero-order valence-corrected chi connectivity index (χ0v) is 34.5. The molecule has 1 aliphatic heterocycles. The molecule has 2 heterocycles. The Bertz CT molecular complexity index is 3130. The first kappa shape index (κ1) is 35.1. The molecule has 61 heavy (non-hydrogen) atoms. The molecule has 7 aromatic carbocycles. The predicted molar refractivity (Wildman–Crippen MR) is 256 cm³/mol. The summed E-state index contributed by atoms with van der Waals surface area (Å²) in [5.74, 6) is 3.38. The van der Waals surface area contributed by atoms with E-state index < -0.39 is 0 Å². The van der Waals surface area contributed by atoms with E-state index in [1.165, 1.54) is 104 Å². The van der Waals surface area contributed by atoms with Gasteiger partial charge in [0.05, 0.1) is 11.0 Å². The summed E-state index contributed by atoms with van der Waals surface area (Å²) in [6.07, 6.45) is 15.9. The Morgan fingerprint density at radius 1 is 0.492 bits per heavy atom. The average molecular weight is 785 g/mol. The molecule has 4 fully saturated rings. The molecule has 2 heteroatoms. The van der Waals surface area contributed by atoms with Gasteiger partial charge in [-0.2, -0.15) is 0 Å². The number of fused-ring (bicyclic) bond motifs is 7.